The summed E-state index contributed by atoms with van der Waals surface area (Å²) in [4.78, 5) is 2.32. The van der Waals surface area contributed by atoms with E-state index in [0.717, 1.165) is 58.0 Å². The molecule has 0 amide bonds. The average Bonchev–Trinajstić information content (AvgIpc) is 3.22. The van der Waals surface area contributed by atoms with Gasteiger partial charge in [-0.3, -0.25) is 0 Å². The lowest BCUT2D eigenvalue weighted by Crippen LogP contribution is -2.17. The third-order valence-electron chi connectivity index (χ3n) is 9.34. The molecule has 0 aromatic heterocycles. The molecule has 3 heteroatoms. The number of anilines is 2. The van der Waals surface area contributed by atoms with Gasteiger partial charge in [0.1, 0.15) is 11.5 Å². The average molecular weight is 708 g/mol. The maximum absolute atomic E-state index is 5.76. The largest absolute Gasteiger partial charge is 0.496 e. The summed E-state index contributed by atoms with van der Waals surface area (Å²) < 4.78 is 11.5. The highest BCUT2D eigenvalue weighted by molar-refractivity contribution is 5.80. The first kappa shape index (κ1) is 37.4. The highest BCUT2D eigenvalue weighted by Crippen LogP contribution is 2.34. The normalized spacial score (nSPS) is 13.6. The fourth-order valence-corrected chi connectivity index (χ4v) is 6.41. The molecule has 6 aromatic carbocycles. The van der Waals surface area contributed by atoms with E-state index in [2.05, 4.69) is 201 Å². The van der Waals surface area contributed by atoms with Crippen molar-refractivity contribution in [3.8, 4) is 11.5 Å². The number of allylic oxidation sites excluding steroid dienone is 3. The number of nitrogens with zero attached hydrogens (tertiary/aromatic N) is 1. The van der Waals surface area contributed by atoms with E-state index in [1.807, 2.05) is 12.1 Å². The van der Waals surface area contributed by atoms with Crippen molar-refractivity contribution in [2.24, 2.45) is 5.92 Å². The van der Waals surface area contributed by atoms with Gasteiger partial charge < -0.3 is 14.4 Å². The van der Waals surface area contributed by atoms with Crippen LogP contribution in [0.25, 0.3) is 24.3 Å². The number of aryl methyl sites for hydroxylation is 1. The second kappa shape index (κ2) is 19.0. The Labute approximate surface area is 321 Å². The Balaban J connectivity index is 0.000000321. The first-order chi connectivity index (χ1) is 26.5. The molecule has 1 aliphatic carbocycles. The number of hydrogen-bond donors (Lipinski definition) is 0. The number of methoxy groups -OCH3 is 2. The van der Waals surface area contributed by atoms with Crippen molar-refractivity contribution < 1.29 is 9.47 Å². The third kappa shape index (κ3) is 10.4. The zero-order chi connectivity index (χ0) is 37.5. The summed E-state index contributed by atoms with van der Waals surface area (Å²) in [7, 11) is 3.41. The Morgan fingerprint density at radius 2 is 1.04 bits per heavy atom. The van der Waals surface area contributed by atoms with Gasteiger partial charge in [-0.1, -0.05) is 164 Å². The minimum Gasteiger partial charge on any atom is -0.496 e. The molecular weight excluding hydrogens is 659 g/mol. The van der Waals surface area contributed by atoms with Gasteiger partial charge in [-0.25, -0.2) is 0 Å². The van der Waals surface area contributed by atoms with E-state index in [1.54, 1.807) is 14.2 Å². The highest BCUT2D eigenvalue weighted by atomic mass is 16.5. The smallest absolute Gasteiger partial charge is 0.126 e. The molecule has 3 nitrogen and oxygen atoms in total. The zero-order valence-corrected chi connectivity index (χ0v) is 31.7. The maximum Gasteiger partial charge on any atom is 0.126 e. The van der Waals surface area contributed by atoms with Crippen molar-refractivity contribution in [3.05, 3.63) is 215 Å². The minimum atomic E-state index is 0.514. The van der Waals surface area contributed by atoms with Crippen LogP contribution in [0.5, 0.6) is 11.5 Å². The van der Waals surface area contributed by atoms with Gasteiger partial charge in [-0.05, 0) is 90.4 Å². The van der Waals surface area contributed by atoms with Crippen LogP contribution in [0, 0.1) is 12.8 Å². The Kier molecular flexibility index (Phi) is 13.1. The van der Waals surface area contributed by atoms with E-state index in [-0.39, 0.29) is 0 Å². The molecule has 1 aliphatic rings. The predicted octanol–water partition coefficient (Wildman–Crippen LogP) is 13.2. The number of hydrogen-bond acceptors (Lipinski definition) is 3. The lowest BCUT2D eigenvalue weighted by atomic mass is 10.00. The summed E-state index contributed by atoms with van der Waals surface area (Å²) in [5.41, 5.74) is 11.6. The van der Waals surface area contributed by atoms with Crippen LogP contribution in [0.15, 0.2) is 176 Å². The summed E-state index contributed by atoms with van der Waals surface area (Å²) in [6.07, 6.45) is 17.3. The number of para-hydroxylation sites is 1. The molecular formula is C51H49NO2. The molecule has 54 heavy (non-hydrogen) atoms. The summed E-state index contributed by atoms with van der Waals surface area (Å²) in [5, 5.41) is 0. The van der Waals surface area contributed by atoms with Crippen molar-refractivity contribution >= 4 is 35.7 Å². The minimum absolute atomic E-state index is 0.514. The van der Waals surface area contributed by atoms with Crippen LogP contribution in [0.4, 0.5) is 11.4 Å². The molecule has 6 aromatic rings. The van der Waals surface area contributed by atoms with E-state index in [4.69, 9.17) is 9.47 Å². The SMILES string of the molecule is COc1cc(/C=C/c2ccc(N(C3=CC(C)CC=C3)c3ccccc3)cc2)c(OC)cc1/C=C/c1ccc(C)cc1.c1ccc(Cc2ccccc2)cc1. The van der Waals surface area contributed by atoms with Crippen molar-refractivity contribution in [1.29, 1.82) is 0 Å². The molecule has 0 aliphatic heterocycles. The van der Waals surface area contributed by atoms with Gasteiger partial charge in [0.05, 0.1) is 14.2 Å². The molecule has 0 bridgehead atoms. The van der Waals surface area contributed by atoms with Crippen LogP contribution >= 0.6 is 0 Å². The summed E-state index contributed by atoms with van der Waals surface area (Å²) in [6.45, 7) is 4.35. The van der Waals surface area contributed by atoms with Crippen molar-refractivity contribution in [1.82, 2.24) is 0 Å². The molecule has 0 spiro atoms. The summed E-state index contributed by atoms with van der Waals surface area (Å²) >= 11 is 0. The predicted molar refractivity (Wildman–Crippen MR) is 230 cm³/mol. The van der Waals surface area contributed by atoms with Crippen LogP contribution in [-0.4, -0.2) is 14.2 Å². The van der Waals surface area contributed by atoms with Crippen molar-refractivity contribution in [3.63, 3.8) is 0 Å². The van der Waals surface area contributed by atoms with E-state index in [9.17, 15) is 0 Å². The topological polar surface area (TPSA) is 21.7 Å². The number of rotatable bonds is 11. The molecule has 0 N–H and O–H groups in total. The summed E-state index contributed by atoms with van der Waals surface area (Å²) in [5.74, 6) is 2.10. The summed E-state index contributed by atoms with van der Waals surface area (Å²) in [6, 6.07) is 52.8. The highest BCUT2D eigenvalue weighted by Gasteiger charge is 2.16. The molecule has 0 fully saturated rings. The van der Waals surface area contributed by atoms with Gasteiger partial charge in [-0.2, -0.15) is 0 Å². The number of benzene rings is 6. The Hall–Kier alpha value is -6.32. The van der Waals surface area contributed by atoms with Gasteiger partial charge in [0.2, 0.25) is 0 Å². The standard InChI is InChI=1S/C38H37NO2.C13H12/c1-28-13-15-30(16-14-28)17-21-32-26-38(41-4)33(27-37(32)40-3)22-18-31-19-23-35(24-20-31)39(34-10-6-5-7-11-34)36-12-8-9-29(2)25-36;1-3-7-12(8-4-1)11-13-9-5-2-6-10-13/h5-8,10-27,29H,9H2,1-4H3;1-10H,11H2/b21-17+,22-18+;. The zero-order valence-electron chi connectivity index (χ0n) is 31.7. The van der Waals surface area contributed by atoms with Gasteiger partial charge in [-0.15, -0.1) is 0 Å². The van der Waals surface area contributed by atoms with Gasteiger partial charge in [0.25, 0.3) is 0 Å². The maximum atomic E-state index is 5.76. The first-order valence-electron chi connectivity index (χ1n) is 18.6. The number of ether oxygens (including phenoxy) is 2. The molecule has 1 atom stereocenters. The monoisotopic (exact) mass is 707 g/mol. The fraction of sp³-hybridized carbons (Fsp3) is 0.137. The van der Waals surface area contributed by atoms with Crippen LogP contribution in [0.2, 0.25) is 0 Å². The van der Waals surface area contributed by atoms with Crippen LogP contribution in [0.1, 0.15) is 52.3 Å². The van der Waals surface area contributed by atoms with Crippen LogP contribution < -0.4 is 14.4 Å². The molecule has 0 heterocycles. The van der Waals surface area contributed by atoms with Crippen molar-refractivity contribution in [2.75, 3.05) is 19.1 Å². The Bertz CT molecular complexity index is 2140. The quantitative estimate of drug-likeness (QED) is 0.125. The second-order valence-corrected chi connectivity index (χ2v) is 13.5. The Morgan fingerprint density at radius 1 is 0.574 bits per heavy atom. The third-order valence-corrected chi connectivity index (χ3v) is 9.34. The molecule has 0 radical (unpaired) electrons. The van der Waals surface area contributed by atoms with Crippen molar-refractivity contribution in [2.45, 2.75) is 26.7 Å². The lowest BCUT2D eigenvalue weighted by Gasteiger charge is -2.28. The van der Waals surface area contributed by atoms with E-state index in [0.29, 0.717) is 5.92 Å². The van der Waals surface area contributed by atoms with Crippen LogP contribution in [0.3, 0.4) is 0 Å². The van der Waals surface area contributed by atoms with Gasteiger partial charge >= 0.3 is 0 Å². The molecule has 0 saturated heterocycles. The first-order valence-corrected chi connectivity index (χ1v) is 18.6. The molecule has 270 valence electrons. The van der Waals surface area contributed by atoms with E-state index >= 15 is 0 Å². The molecule has 7 rings (SSSR count). The van der Waals surface area contributed by atoms with E-state index < -0.39 is 0 Å². The van der Waals surface area contributed by atoms with E-state index in [1.165, 1.54) is 22.4 Å². The molecule has 0 saturated carbocycles. The fourth-order valence-electron chi connectivity index (χ4n) is 6.41. The molecule has 1 unspecified atom stereocenters. The van der Waals surface area contributed by atoms with Gasteiger partial charge in [0, 0.05) is 28.2 Å². The second-order valence-electron chi connectivity index (χ2n) is 13.5. The van der Waals surface area contributed by atoms with Gasteiger partial charge in [0.15, 0.2) is 0 Å². The Morgan fingerprint density at radius 3 is 1.52 bits per heavy atom. The lowest BCUT2D eigenvalue weighted by molar-refractivity contribution is 0.401. The van der Waals surface area contributed by atoms with Crippen LogP contribution in [-0.2, 0) is 6.42 Å².